The molecule has 0 bridgehead atoms. The smallest absolute Gasteiger partial charge is 0.225 e. The summed E-state index contributed by atoms with van der Waals surface area (Å²) < 4.78 is 11.5. The Morgan fingerprint density at radius 2 is 1.74 bits per heavy atom. The molecule has 0 unspecified atom stereocenters. The molecule has 1 amide bonds. The highest BCUT2D eigenvalue weighted by atomic mass is 16.5. The van der Waals surface area contributed by atoms with E-state index in [4.69, 9.17) is 9.47 Å². The molecule has 5 heteroatoms. The van der Waals surface area contributed by atoms with Crippen LogP contribution in [0, 0.1) is 5.92 Å². The van der Waals surface area contributed by atoms with Crippen molar-refractivity contribution in [3.05, 3.63) is 89.7 Å². The van der Waals surface area contributed by atoms with Gasteiger partial charge in [-0.3, -0.25) is 9.78 Å². The Bertz CT molecular complexity index is 959. The topological polar surface area (TPSA) is 51.7 Å². The average molecular weight is 419 g/mol. The lowest BCUT2D eigenvalue weighted by atomic mass is 10.1. The fourth-order valence-electron chi connectivity index (χ4n) is 3.32. The summed E-state index contributed by atoms with van der Waals surface area (Å²) in [5.41, 5.74) is 3.06. The molecule has 3 rings (SSSR count). The highest BCUT2D eigenvalue weighted by molar-refractivity contribution is 5.78. The predicted octanol–water partition coefficient (Wildman–Crippen LogP) is 4.90. The van der Waals surface area contributed by atoms with Crippen molar-refractivity contribution in [3.8, 4) is 11.5 Å². The number of pyridine rings is 1. The van der Waals surface area contributed by atoms with Gasteiger partial charge >= 0.3 is 0 Å². The van der Waals surface area contributed by atoms with Crippen LogP contribution in [0.15, 0.2) is 72.9 Å². The zero-order valence-electron chi connectivity index (χ0n) is 18.5. The summed E-state index contributed by atoms with van der Waals surface area (Å²) >= 11 is 0. The van der Waals surface area contributed by atoms with Gasteiger partial charge in [0, 0.05) is 37.3 Å². The van der Waals surface area contributed by atoms with Crippen molar-refractivity contribution in [2.45, 2.75) is 33.4 Å². The number of rotatable bonds is 10. The molecular formula is C26H30N2O3. The largest absolute Gasteiger partial charge is 0.493 e. The molecule has 0 spiro atoms. The van der Waals surface area contributed by atoms with E-state index < -0.39 is 0 Å². The lowest BCUT2D eigenvalue weighted by Crippen LogP contribution is -2.35. The lowest BCUT2D eigenvalue weighted by molar-refractivity contribution is -0.135. The molecule has 0 fully saturated rings. The van der Waals surface area contributed by atoms with Crippen LogP contribution in [0.3, 0.4) is 0 Å². The van der Waals surface area contributed by atoms with Crippen molar-refractivity contribution < 1.29 is 14.3 Å². The third-order valence-electron chi connectivity index (χ3n) is 5.01. The number of ether oxygens (including phenoxy) is 2. The van der Waals surface area contributed by atoms with E-state index in [1.54, 1.807) is 13.3 Å². The second-order valence-electron chi connectivity index (χ2n) is 7.75. The van der Waals surface area contributed by atoms with Crippen LogP contribution in [0.5, 0.6) is 11.5 Å². The first-order valence-electron chi connectivity index (χ1n) is 10.6. The van der Waals surface area contributed by atoms with Crippen LogP contribution in [-0.4, -0.2) is 29.4 Å². The van der Waals surface area contributed by atoms with Crippen LogP contribution in [0.25, 0.3) is 0 Å². The first kappa shape index (κ1) is 22.3. The third-order valence-corrected chi connectivity index (χ3v) is 5.01. The summed E-state index contributed by atoms with van der Waals surface area (Å²) in [4.78, 5) is 19.1. The Labute approximate surface area is 184 Å². The summed E-state index contributed by atoms with van der Waals surface area (Å²) in [6.07, 6.45) is 2.50. The molecule has 162 valence electrons. The van der Waals surface area contributed by atoms with Gasteiger partial charge in [0.15, 0.2) is 11.5 Å². The average Bonchev–Trinajstić information content (AvgIpc) is 2.81. The van der Waals surface area contributed by atoms with Gasteiger partial charge in [-0.05, 0) is 35.4 Å². The molecule has 0 aliphatic heterocycles. The fourth-order valence-corrected chi connectivity index (χ4v) is 3.32. The first-order chi connectivity index (χ1) is 15.1. The van der Waals surface area contributed by atoms with Crippen LogP contribution in [-0.2, 0) is 24.4 Å². The summed E-state index contributed by atoms with van der Waals surface area (Å²) in [6, 6.07) is 21.7. The van der Waals surface area contributed by atoms with Gasteiger partial charge in [-0.2, -0.15) is 0 Å². The van der Waals surface area contributed by atoms with Crippen LogP contribution in [0.1, 0.15) is 30.7 Å². The molecule has 5 nitrogen and oxygen atoms in total. The third kappa shape index (κ3) is 6.57. The minimum Gasteiger partial charge on any atom is -0.493 e. The zero-order chi connectivity index (χ0) is 22.1. The molecular weight excluding hydrogens is 388 g/mol. The number of benzene rings is 2. The predicted molar refractivity (Wildman–Crippen MR) is 122 cm³/mol. The Morgan fingerprint density at radius 3 is 2.42 bits per heavy atom. The van der Waals surface area contributed by atoms with Gasteiger partial charge in [0.05, 0.1) is 7.11 Å². The Hall–Kier alpha value is -3.34. The minimum absolute atomic E-state index is 0.0734. The van der Waals surface area contributed by atoms with Gasteiger partial charge in [0.2, 0.25) is 5.91 Å². The van der Waals surface area contributed by atoms with E-state index in [-0.39, 0.29) is 11.8 Å². The van der Waals surface area contributed by atoms with E-state index in [1.165, 1.54) is 0 Å². The van der Waals surface area contributed by atoms with Crippen molar-refractivity contribution in [1.29, 1.82) is 0 Å². The Kier molecular flexibility index (Phi) is 8.05. The van der Waals surface area contributed by atoms with Crippen LogP contribution in [0.2, 0.25) is 0 Å². The van der Waals surface area contributed by atoms with Crippen molar-refractivity contribution in [2.24, 2.45) is 5.92 Å². The number of hydrogen-bond acceptors (Lipinski definition) is 4. The monoisotopic (exact) mass is 418 g/mol. The van der Waals surface area contributed by atoms with Gasteiger partial charge in [0.25, 0.3) is 0 Å². The number of nitrogens with zero attached hydrogens (tertiary/aromatic N) is 2. The van der Waals surface area contributed by atoms with Crippen LogP contribution < -0.4 is 9.47 Å². The number of carbonyl (C=O) groups excluding carboxylic acids is 1. The van der Waals surface area contributed by atoms with E-state index in [0.717, 1.165) is 16.8 Å². The van der Waals surface area contributed by atoms with E-state index in [9.17, 15) is 4.79 Å². The fraction of sp³-hybridized carbons (Fsp3) is 0.308. The van der Waals surface area contributed by atoms with Gasteiger partial charge in [-0.25, -0.2) is 0 Å². The van der Waals surface area contributed by atoms with Gasteiger partial charge in [-0.15, -0.1) is 0 Å². The summed E-state index contributed by atoms with van der Waals surface area (Å²) in [5, 5.41) is 0. The van der Waals surface area contributed by atoms with Gasteiger partial charge in [-0.1, -0.05) is 56.3 Å². The van der Waals surface area contributed by atoms with E-state index >= 15 is 0 Å². The Balaban J connectivity index is 1.73. The van der Waals surface area contributed by atoms with Crippen molar-refractivity contribution in [3.63, 3.8) is 0 Å². The normalized spacial score (nSPS) is 10.7. The molecule has 0 saturated carbocycles. The molecule has 31 heavy (non-hydrogen) atoms. The summed E-state index contributed by atoms with van der Waals surface area (Å²) in [6.45, 7) is 5.43. The second-order valence-corrected chi connectivity index (χ2v) is 7.75. The standard InChI is InChI=1S/C26H30N2O3/c1-20(2)26(29)28(16-14-23-11-7-8-15-27-23)18-22-12-13-24(30-3)25(17-22)31-19-21-9-5-4-6-10-21/h4-13,15,17,20H,14,16,18-19H2,1-3H3. The highest BCUT2D eigenvalue weighted by Crippen LogP contribution is 2.29. The molecule has 1 aromatic heterocycles. The molecule has 0 aliphatic carbocycles. The van der Waals surface area contributed by atoms with Crippen molar-refractivity contribution >= 4 is 5.91 Å². The summed E-state index contributed by atoms with van der Waals surface area (Å²) in [7, 11) is 1.63. The lowest BCUT2D eigenvalue weighted by Gasteiger charge is -2.25. The highest BCUT2D eigenvalue weighted by Gasteiger charge is 2.18. The molecule has 0 radical (unpaired) electrons. The molecule has 0 aliphatic rings. The molecule has 0 saturated heterocycles. The second kappa shape index (κ2) is 11.2. The molecule has 1 heterocycles. The number of methoxy groups -OCH3 is 1. The van der Waals surface area contributed by atoms with E-state index in [2.05, 4.69) is 4.98 Å². The maximum absolute atomic E-state index is 12.8. The quantitative estimate of drug-likeness (QED) is 0.470. The Morgan fingerprint density at radius 1 is 0.968 bits per heavy atom. The molecule has 2 aromatic carbocycles. The van der Waals surface area contributed by atoms with Crippen molar-refractivity contribution in [2.75, 3.05) is 13.7 Å². The van der Waals surface area contributed by atoms with Crippen molar-refractivity contribution in [1.82, 2.24) is 9.88 Å². The minimum atomic E-state index is -0.0734. The maximum Gasteiger partial charge on any atom is 0.225 e. The van der Waals surface area contributed by atoms with Crippen LogP contribution in [0.4, 0.5) is 0 Å². The molecule has 0 N–H and O–H groups in total. The number of carbonyl (C=O) groups is 1. The molecule has 0 atom stereocenters. The molecule has 3 aromatic rings. The first-order valence-corrected chi connectivity index (χ1v) is 10.6. The number of amides is 1. The van der Waals surface area contributed by atoms with E-state index in [1.807, 2.05) is 85.5 Å². The van der Waals surface area contributed by atoms with Gasteiger partial charge in [0.1, 0.15) is 6.61 Å². The van der Waals surface area contributed by atoms with Crippen LogP contribution >= 0.6 is 0 Å². The number of hydrogen-bond donors (Lipinski definition) is 0. The summed E-state index contributed by atoms with van der Waals surface area (Å²) in [5.74, 6) is 1.40. The SMILES string of the molecule is COc1ccc(CN(CCc2ccccn2)C(=O)C(C)C)cc1OCc1ccccc1. The maximum atomic E-state index is 12.8. The zero-order valence-corrected chi connectivity index (χ0v) is 18.5. The number of aromatic nitrogens is 1. The van der Waals surface area contributed by atoms with E-state index in [0.29, 0.717) is 37.6 Å². The van der Waals surface area contributed by atoms with Gasteiger partial charge < -0.3 is 14.4 Å².